The van der Waals surface area contributed by atoms with Crippen molar-refractivity contribution in [1.29, 1.82) is 0 Å². The molecule has 0 unspecified atom stereocenters. The van der Waals surface area contributed by atoms with E-state index in [1.807, 2.05) is 0 Å². The molecule has 0 aromatic carbocycles. The van der Waals surface area contributed by atoms with Gasteiger partial charge in [0, 0.05) is 44.9 Å². The first-order valence-corrected chi connectivity index (χ1v) is 8.56. The van der Waals surface area contributed by atoms with Crippen molar-refractivity contribution in [2.24, 2.45) is 0 Å². The van der Waals surface area contributed by atoms with Crippen LogP contribution in [0.5, 0.6) is 5.75 Å². The van der Waals surface area contributed by atoms with Crippen LogP contribution in [0.2, 0.25) is 0 Å². The number of carbonyl (C=O) groups excluding carboxylic acids is 2. The van der Waals surface area contributed by atoms with Crippen LogP contribution in [-0.4, -0.2) is 74.4 Å². The monoisotopic (exact) mass is 351 g/mol. The van der Waals surface area contributed by atoms with Crippen LogP contribution in [-0.2, 0) is 9.47 Å². The van der Waals surface area contributed by atoms with Gasteiger partial charge in [-0.25, -0.2) is 14.6 Å². The van der Waals surface area contributed by atoms with Crippen LogP contribution >= 0.6 is 0 Å². The Morgan fingerprint density at radius 2 is 1.64 bits per heavy atom. The standard InChI is InChI=1S/C17H25N3O5/c1-3-23-16(21)14-11-13(12-15(19-14)17(22)24-4-2)25-10-9-20-7-5-18-6-8-20/h11-12,18H,3-10H2,1-2H3. The number of pyridine rings is 1. The number of nitrogens with zero attached hydrogens (tertiary/aromatic N) is 2. The quantitative estimate of drug-likeness (QED) is 0.685. The van der Waals surface area contributed by atoms with Gasteiger partial charge in [0.05, 0.1) is 13.2 Å². The maximum absolute atomic E-state index is 11.9. The number of aromatic nitrogens is 1. The van der Waals surface area contributed by atoms with Gasteiger partial charge in [-0.1, -0.05) is 0 Å². The van der Waals surface area contributed by atoms with Gasteiger partial charge in [0.2, 0.25) is 0 Å². The Kier molecular flexibility index (Phi) is 7.62. The summed E-state index contributed by atoms with van der Waals surface area (Å²) in [4.78, 5) is 30.2. The zero-order chi connectivity index (χ0) is 18.1. The molecular weight excluding hydrogens is 326 g/mol. The maximum Gasteiger partial charge on any atom is 0.357 e. The first kappa shape index (κ1) is 19.1. The highest BCUT2D eigenvalue weighted by Gasteiger charge is 2.17. The number of piperazine rings is 1. The van der Waals surface area contributed by atoms with Gasteiger partial charge in [0.25, 0.3) is 0 Å². The summed E-state index contributed by atoms with van der Waals surface area (Å²) in [6, 6.07) is 2.97. The SMILES string of the molecule is CCOC(=O)c1cc(OCCN2CCNCC2)cc(C(=O)OCC)n1. The fraction of sp³-hybridized carbons (Fsp3) is 0.588. The van der Waals surface area contributed by atoms with E-state index in [1.165, 1.54) is 12.1 Å². The first-order chi connectivity index (χ1) is 12.1. The Hall–Kier alpha value is -2.19. The molecule has 8 heteroatoms. The molecule has 0 aliphatic carbocycles. The Labute approximate surface area is 147 Å². The largest absolute Gasteiger partial charge is 0.492 e. The smallest absolute Gasteiger partial charge is 0.357 e. The lowest BCUT2D eigenvalue weighted by molar-refractivity contribution is 0.0510. The third-order valence-electron chi connectivity index (χ3n) is 3.65. The Morgan fingerprint density at radius 1 is 1.08 bits per heavy atom. The van der Waals surface area contributed by atoms with E-state index in [2.05, 4.69) is 15.2 Å². The molecule has 138 valence electrons. The molecule has 2 rings (SSSR count). The molecule has 0 radical (unpaired) electrons. The number of rotatable bonds is 8. The van der Waals surface area contributed by atoms with E-state index in [4.69, 9.17) is 14.2 Å². The normalized spacial score (nSPS) is 14.8. The highest BCUT2D eigenvalue weighted by Crippen LogP contribution is 2.16. The van der Waals surface area contributed by atoms with Gasteiger partial charge < -0.3 is 19.5 Å². The molecule has 0 bridgehead atoms. The van der Waals surface area contributed by atoms with Crippen molar-refractivity contribution in [3.63, 3.8) is 0 Å². The average molecular weight is 351 g/mol. The topological polar surface area (TPSA) is 90.0 Å². The Bertz CT molecular complexity index is 551. The molecule has 1 aliphatic heterocycles. The van der Waals surface area contributed by atoms with E-state index in [-0.39, 0.29) is 24.6 Å². The summed E-state index contributed by atoms with van der Waals surface area (Å²) in [5.41, 5.74) is 0.0640. The molecule has 25 heavy (non-hydrogen) atoms. The lowest BCUT2D eigenvalue weighted by Gasteiger charge is -2.26. The van der Waals surface area contributed by atoms with E-state index in [1.54, 1.807) is 13.8 Å². The van der Waals surface area contributed by atoms with E-state index >= 15 is 0 Å². The van der Waals surface area contributed by atoms with E-state index in [9.17, 15) is 9.59 Å². The summed E-state index contributed by atoms with van der Waals surface area (Å²) < 4.78 is 15.6. The zero-order valence-electron chi connectivity index (χ0n) is 14.7. The lowest BCUT2D eigenvalue weighted by Crippen LogP contribution is -2.44. The molecule has 0 spiro atoms. The minimum absolute atomic E-state index is 0.0320. The average Bonchev–Trinajstić information content (AvgIpc) is 2.63. The number of ether oxygens (including phenoxy) is 3. The second-order valence-electron chi connectivity index (χ2n) is 5.45. The minimum atomic E-state index is -0.597. The fourth-order valence-corrected chi connectivity index (χ4v) is 2.44. The molecule has 1 fully saturated rings. The predicted molar refractivity (Wildman–Crippen MR) is 91.0 cm³/mol. The van der Waals surface area contributed by atoms with E-state index < -0.39 is 11.9 Å². The Morgan fingerprint density at radius 3 is 2.16 bits per heavy atom. The van der Waals surface area contributed by atoms with Crippen LogP contribution in [0.3, 0.4) is 0 Å². The summed E-state index contributed by atoms with van der Waals surface area (Å²) in [5.74, 6) is -0.794. The molecule has 0 saturated carbocycles. The van der Waals surface area contributed by atoms with Gasteiger partial charge in [-0.3, -0.25) is 4.90 Å². The van der Waals surface area contributed by atoms with Crippen LogP contribution in [0.4, 0.5) is 0 Å². The van der Waals surface area contributed by atoms with Crippen LogP contribution in [0.15, 0.2) is 12.1 Å². The summed E-state index contributed by atoms with van der Waals surface area (Å²) in [6.07, 6.45) is 0. The highest BCUT2D eigenvalue weighted by molar-refractivity contribution is 5.92. The summed E-state index contributed by atoms with van der Waals surface area (Å²) in [6.45, 7) is 8.97. The molecule has 2 heterocycles. The second kappa shape index (κ2) is 9.95. The first-order valence-electron chi connectivity index (χ1n) is 8.56. The highest BCUT2D eigenvalue weighted by atomic mass is 16.5. The summed E-state index contributed by atoms with van der Waals surface area (Å²) >= 11 is 0. The van der Waals surface area contributed by atoms with Crippen molar-refractivity contribution < 1.29 is 23.8 Å². The van der Waals surface area contributed by atoms with E-state index in [0.717, 1.165) is 32.7 Å². The third-order valence-corrected chi connectivity index (χ3v) is 3.65. The Balaban J connectivity index is 2.05. The van der Waals surface area contributed by atoms with Gasteiger partial charge in [0.15, 0.2) is 11.4 Å². The molecule has 0 amide bonds. The van der Waals surface area contributed by atoms with Gasteiger partial charge in [0.1, 0.15) is 12.4 Å². The van der Waals surface area contributed by atoms with Gasteiger partial charge in [-0.05, 0) is 13.8 Å². The predicted octanol–water partition coefficient (Wildman–Crippen LogP) is 0.719. The number of hydrogen-bond acceptors (Lipinski definition) is 8. The fourth-order valence-electron chi connectivity index (χ4n) is 2.44. The summed E-state index contributed by atoms with van der Waals surface area (Å²) in [7, 11) is 0. The van der Waals surface area contributed by atoms with Gasteiger partial charge in [-0.2, -0.15) is 0 Å². The lowest BCUT2D eigenvalue weighted by atomic mass is 10.2. The van der Waals surface area contributed by atoms with Crippen LogP contribution < -0.4 is 10.1 Å². The minimum Gasteiger partial charge on any atom is -0.492 e. The third kappa shape index (κ3) is 5.99. The molecule has 1 saturated heterocycles. The van der Waals surface area contributed by atoms with Crippen LogP contribution in [0.25, 0.3) is 0 Å². The van der Waals surface area contributed by atoms with Crippen molar-refractivity contribution in [2.45, 2.75) is 13.8 Å². The van der Waals surface area contributed by atoms with Crippen molar-refractivity contribution >= 4 is 11.9 Å². The van der Waals surface area contributed by atoms with Crippen molar-refractivity contribution in [3.8, 4) is 5.75 Å². The molecule has 0 atom stereocenters. The molecule has 1 aliphatic rings. The van der Waals surface area contributed by atoms with E-state index in [0.29, 0.717) is 12.4 Å². The molecule has 1 aromatic heterocycles. The van der Waals surface area contributed by atoms with Gasteiger partial charge in [-0.15, -0.1) is 0 Å². The number of esters is 2. The molecule has 8 nitrogen and oxygen atoms in total. The van der Waals surface area contributed by atoms with Crippen LogP contribution in [0.1, 0.15) is 34.8 Å². The maximum atomic E-state index is 11.9. The van der Waals surface area contributed by atoms with Crippen molar-refractivity contribution in [2.75, 3.05) is 52.5 Å². The molecular formula is C17H25N3O5. The second-order valence-corrected chi connectivity index (χ2v) is 5.45. The van der Waals surface area contributed by atoms with Crippen LogP contribution in [0, 0.1) is 0 Å². The number of nitrogens with one attached hydrogen (secondary N) is 1. The summed E-state index contributed by atoms with van der Waals surface area (Å²) in [5, 5.41) is 3.29. The van der Waals surface area contributed by atoms with Gasteiger partial charge >= 0.3 is 11.9 Å². The number of carbonyl (C=O) groups is 2. The molecule has 1 N–H and O–H groups in total. The van der Waals surface area contributed by atoms with Crippen molar-refractivity contribution in [3.05, 3.63) is 23.5 Å². The molecule has 1 aromatic rings. The number of hydrogen-bond donors (Lipinski definition) is 1. The van der Waals surface area contributed by atoms with Crippen molar-refractivity contribution in [1.82, 2.24) is 15.2 Å². The zero-order valence-corrected chi connectivity index (χ0v) is 14.7.